The minimum atomic E-state index is -0.272. The molecule has 7 heteroatoms. The van der Waals surface area contributed by atoms with Gasteiger partial charge in [0, 0.05) is 41.4 Å². The van der Waals surface area contributed by atoms with E-state index in [9.17, 15) is 4.79 Å². The van der Waals surface area contributed by atoms with Crippen molar-refractivity contribution in [2.24, 2.45) is 0 Å². The SMILES string of the molecule is COc1cc2nn(C3CCCC3)cc2cc1NC(=O)c1cccc(C)[n+]1OC. The second kappa shape index (κ2) is 7.50. The molecule has 28 heavy (non-hydrogen) atoms. The number of nitrogens with one attached hydrogen (secondary N) is 1. The van der Waals surface area contributed by atoms with Crippen LogP contribution in [0.3, 0.4) is 0 Å². The van der Waals surface area contributed by atoms with E-state index in [1.807, 2.05) is 31.2 Å². The molecule has 0 saturated heterocycles. The largest absolute Gasteiger partial charge is 0.494 e. The van der Waals surface area contributed by atoms with Gasteiger partial charge in [0.05, 0.1) is 24.4 Å². The number of carbonyl (C=O) groups is 1. The van der Waals surface area contributed by atoms with Crippen LogP contribution in [0.25, 0.3) is 10.9 Å². The smallest absolute Gasteiger partial charge is 0.325 e. The highest BCUT2D eigenvalue weighted by Crippen LogP contribution is 2.33. The number of ether oxygens (including phenoxy) is 1. The summed E-state index contributed by atoms with van der Waals surface area (Å²) in [5.41, 5.74) is 2.71. The molecule has 0 radical (unpaired) electrons. The summed E-state index contributed by atoms with van der Waals surface area (Å²) < 4.78 is 9.06. The molecule has 0 spiro atoms. The lowest BCUT2D eigenvalue weighted by Gasteiger charge is -2.09. The Morgan fingerprint density at radius 2 is 2.04 bits per heavy atom. The van der Waals surface area contributed by atoms with Gasteiger partial charge in [-0.15, -0.1) is 0 Å². The number of nitrogens with zero attached hydrogens (tertiary/aromatic N) is 3. The molecular formula is C21H25N4O3+. The number of carbonyl (C=O) groups excluding carboxylic acids is 1. The lowest BCUT2D eigenvalue weighted by atomic mass is 10.2. The van der Waals surface area contributed by atoms with Gasteiger partial charge in [-0.05, 0) is 25.0 Å². The zero-order valence-electron chi connectivity index (χ0n) is 16.4. The van der Waals surface area contributed by atoms with Crippen molar-refractivity contribution in [3.8, 4) is 5.75 Å². The molecule has 2 heterocycles. The first kappa shape index (κ1) is 18.3. The number of hydrogen-bond donors (Lipinski definition) is 1. The van der Waals surface area contributed by atoms with E-state index in [-0.39, 0.29) is 5.91 Å². The molecule has 1 aromatic carbocycles. The second-order valence-corrected chi connectivity index (χ2v) is 7.14. The molecule has 0 bridgehead atoms. The molecule has 1 fully saturated rings. The first-order chi connectivity index (χ1) is 13.6. The van der Waals surface area contributed by atoms with Crippen molar-refractivity contribution in [2.45, 2.75) is 38.6 Å². The Hall–Kier alpha value is -3.09. The van der Waals surface area contributed by atoms with Gasteiger partial charge < -0.3 is 10.1 Å². The van der Waals surface area contributed by atoms with E-state index in [1.165, 1.54) is 37.5 Å². The van der Waals surface area contributed by atoms with Gasteiger partial charge in [0.25, 0.3) is 0 Å². The molecule has 1 N–H and O–H groups in total. The minimum absolute atomic E-state index is 0.272. The van der Waals surface area contributed by atoms with Crippen LogP contribution in [0.4, 0.5) is 5.69 Å². The van der Waals surface area contributed by atoms with Gasteiger partial charge in [-0.25, -0.2) is 0 Å². The summed E-state index contributed by atoms with van der Waals surface area (Å²) in [4.78, 5) is 18.2. The highest BCUT2D eigenvalue weighted by atomic mass is 16.6. The van der Waals surface area contributed by atoms with Gasteiger partial charge in [-0.1, -0.05) is 12.8 Å². The van der Waals surface area contributed by atoms with Crippen LogP contribution in [-0.2, 0) is 0 Å². The molecule has 4 rings (SSSR count). The van der Waals surface area contributed by atoms with Crippen molar-refractivity contribution in [1.82, 2.24) is 9.78 Å². The van der Waals surface area contributed by atoms with Gasteiger partial charge in [0.2, 0.25) is 5.69 Å². The maximum absolute atomic E-state index is 12.9. The Kier molecular flexibility index (Phi) is 4.90. The molecule has 7 nitrogen and oxygen atoms in total. The Bertz CT molecular complexity index is 1020. The second-order valence-electron chi connectivity index (χ2n) is 7.14. The van der Waals surface area contributed by atoms with Crippen LogP contribution in [0.5, 0.6) is 5.75 Å². The summed E-state index contributed by atoms with van der Waals surface area (Å²) in [7, 11) is 3.13. The van der Waals surface area contributed by atoms with Crippen molar-refractivity contribution >= 4 is 22.5 Å². The lowest BCUT2D eigenvalue weighted by molar-refractivity contribution is -0.890. The molecule has 0 aliphatic heterocycles. The molecule has 1 aliphatic rings. The van der Waals surface area contributed by atoms with Crippen LogP contribution in [0, 0.1) is 6.92 Å². The average molecular weight is 381 g/mol. The quantitative estimate of drug-likeness (QED) is 0.690. The van der Waals surface area contributed by atoms with E-state index in [4.69, 9.17) is 14.7 Å². The summed E-state index contributed by atoms with van der Waals surface area (Å²) in [6.45, 7) is 1.88. The predicted octanol–water partition coefficient (Wildman–Crippen LogP) is 3.07. The Labute approximate surface area is 163 Å². The fourth-order valence-electron chi connectivity index (χ4n) is 3.89. The number of benzene rings is 1. The third-order valence-corrected chi connectivity index (χ3v) is 5.34. The third kappa shape index (κ3) is 3.28. The zero-order valence-corrected chi connectivity index (χ0v) is 16.4. The molecule has 146 valence electrons. The number of anilines is 1. The molecule has 0 atom stereocenters. The summed E-state index contributed by atoms with van der Waals surface area (Å²) in [5, 5.41) is 8.65. The van der Waals surface area contributed by atoms with Crippen LogP contribution in [0.15, 0.2) is 36.5 Å². The maximum Gasteiger partial charge on any atom is 0.325 e. The van der Waals surface area contributed by atoms with Crippen LogP contribution in [0.2, 0.25) is 0 Å². The standard InChI is InChI=1S/C21H24N4O3/c1-14-7-6-10-19(25(14)28-3)21(26)22-18-11-15-13-24(16-8-4-5-9-16)23-17(15)12-20(18)27-2/h6-7,10-13,16H,4-5,8-9H2,1-3H3/p+1. The van der Waals surface area contributed by atoms with Gasteiger partial charge in [-0.3, -0.25) is 14.3 Å². The molecule has 1 amide bonds. The fraction of sp³-hybridized carbons (Fsp3) is 0.381. The van der Waals surface area contributed by atoms with Crippen molar-refractivity contribution < 1.29 is 19.1 Å². The van der Waals surface area contributed by atoms with Crippen LogP contribution >= 0.6 is 0 Å². The summed E-state index contributed by atoms with van der Waals surface area (Å²) in [6.07, 6.45) is 6.89. The Balaban J connectivity index is 1.67. The number of pyridine rings is 1. The van der Waals surface area contributed by atoms with Gasteiger partial charge in [-0.2, -0.15) is 5.10 Å². The van der Waals surface area contributed by atoms with E-state index in [1.54, 1.807) is 13.2 Å². The first-order valence-corrected chi connectivity index (χ1v) is 9.55. The van der Waals surface area contributed by atoms with Crippen molar-refractivity contribution in [3.05, 3.63) is 47.9 Å². The Morgan fingerprint density at radius 1 is 1.25 bits per heavy atom. The monoisotopic (exact) mass is 381 g/mol. The molecule has 0 unspecified atom stereocenters. The number of hydrogen-bond acceptors (Lipinski definition) is 4. The van der Waals surface area contributed by atoms with Gasteiger partial charge in [0.15, 0.2) is 0 Å². The minimum Gasteiger partial charge on any atom is -0.494 e. The molecule has 3 aromatic rings. The highest BCUT2D eigenvalue weighted by molar-refractivity contribution is 6.04. The van der Waals surface area contributed by atoms with Crippen LogP contribution in [0.1, 0.15) is 47.9 Å². The molecule has 2 aromatic heterocycles. The number of aryl methyl sites for hydroxylation is 1. The first-order valence-electron chi connectivity index (χ1n) is 9.55. The lowest BCUT2D eigenvalue weighted by Crippen LogP contribution is -2.49. The third-order valence-electron chi connectivity index (χ3n) is 5.34. The summed E-state index contributed by atoms with van der Waals surface area (Å²) >= 11 is 0. The maximum atomic E-state index is 12.9. The highest BCUT2D eigenvalue weighted by Gasteiger charge is 2.24. The summed E-state index contributed by atoms with van der Waals surface area (Å²) in [5.74, 6) is 0.306. The normalized spacial score (nSPS) is 14.4. The van der Waals surface area contributed by atoms with Crippen molar-refractivity contribution in [2.75, 3.05) is 19.5 Å². The fourth-order valence-corrected chi connectivity index (χ4v) is 3.89. The number of methoxy groups -OCH3 is 1. The van der Waals surface area contributed by atoms with Crippen LogP contribution < -0.4 is 19.6 Å². The topological polar surface area (TPSA) is 69.3 Å². The molecule has 1 saturated carbocycles. The van der Waals surface area contributed by atoms with Crippen molar-refractivity contribution in [3.63, 3.8) is 0 Å². The molecule has 1 aliphatic carbocycles. The van der Waals surface area contributed by atoms with Crippen molar-refractivity contribution in [1.29, 1.82) is 0 Å². The number of fused-ring (bicyclic) bond motifs is 1. The van der Waals surface area contributed by atoms with E-state index in [2.05, 4.69) is 16.2 Å². The summed E-state index contributed by atoms with van der Waals surface area (Å²) in [6, 6.07) is 9.67. The van der Waals surface area contributed by atoms with E-state index in [0.29, 0.717) is 23.2 Å². The zero-order chi connectivity index (χ0) is 19.7. The van der Waals surface area contributed by atoms with E-state index >= 15 is 0 Å². The number of rotatable bonds is 5. The van der Waals surface area contributed by atoms with Gasteiger partial charge in [0.1, 0.15) is 12.9 Å². The Morgan fingerprint density at radius 3 is 2.75 bits per heavy atom. The predicted molar refractivity (Wildman–Crippen MR) is 106 cm³/mol. The van der Waals surface area contributed by atoms with E-state index in [0.717, 1.165) is 16.6 Å². The number of amides is 1. The number of aromatic nitrogens is 3. The van der Waals surface area contributed by atoms with Gasteiger partial charge >= 0.3 is 11.6 Å². The van der Waals surface area contributed by atoms with Crippen LogP contribution in [-0.4, -0.2) is 29.9 Å². The molecular weight excluding hydrogens is 356 g/mol. The average Bonchev–Trinajstić information content (AvgIpc) is 3.36. The van der Waals surface area contributed by atoms with E-state index < -0.39 is 0 Å².